The molecule has 0 fully saturated rings. The zero-order valence-corrected chi connectivity index (χ0v) is 12.7. The minimum Gasteiger partial charge on any atom is -0.391 e. The van der Waals surface area contributed by atoms with E-state index in [0.717, 1.165) is 0 Å². The van der Waals surface area contributed by atoms with Crippen molar-refractivity contribution in [2.24, 2.45) is 0 Å². The first kappa shape index (κ1) is 19.5. The highest BCUT2D eigenvalue weighted by Crippen LogP contribution is 2.32. The summed E-state index contributed by atoms with van der Waals surface area (Å²) in [6, 6.07) is 0. The minimum absolute atomic E-state index is 0.715. The molecule has 2 rings (SSSR count). The first-order chi connectivity index (χ1) is 12.0. The van der Waals surface area contributed by atoms with Gasteiger partial charge in [0.25, 0.3) is 0 Å². The summed E-state index contributed by atoms with van der Waals surface area (Å²) in [5.41, 5.74) is -1.96. The van der Waals surface area contributed by atoms with Gasteiger partial charge in [0.2, 0.25) is 23.3 Å². The fraction of sp³-hybridized carbons (Fsp3) is 0.133. The van der Waals surface area contributed by atoms with Crippen LogP contribution < -0.4 is 9.47 Å². The molecule has 0 aromatic heterocycles. The molecule has 0 aliphatic heterocycles. The Kier molecular flexibility index (Phi) is 5.10. The normalized spacial score (nSPS) is 10.8. The van der Waals surface area contributed by atoms with Crippen molar-refractivity contribution < 1.29 is 49.4 Å². The van der Waals surface area contributed by atoms with Crippen LogP contribution in [0.4, 0.5) is 39.9 Å². The minimum atomic E-state index is -2.31. The average Bonchev–Trinajstić information content (AvgIpc) is 2.62. The second kappa shape index (κ2) is 6.81. The lowest BCUT2D eigenvalue weighted by molar-refractivity contribution is 0.145. The van der Waals surface area contributed by atoms with Gasteiger partial charge in [0, 0.05) is 11.1 Å². The molecule has 0 bridgehead atoms. The van der Waals surface area contributed by atoms with E-state index in [1.165, 1.54) is 0 Å². The molecule has 2 aromatic carbocycles. The number of hydrogen-bond donors (Lipinski definition) is 0. The summed E-state index contributed by atoms with van der Waals surface area (Å²) in [4.78, 5) is 11.6. The Morgan fingerprint density at radius 2 is 0.808 bits per heavy atom. The van der Waals surface area contributed by atoms with E-state index in [4.69, 9.17) is 0 Å². The van der Waals surface area contributed by atoms with Crippen LogP contribution in [0.5, 0.6) is 11.5 Å². The smallest absolute Gasteiger partial charge is 0.391 e. The monoisotopic (exact) mass is 386 g/mol. The number of carbonyl (C=O) groups is 1. The molecule has 3 nitrogen and oxygen atoms in total. The molecule has 0 atom stereocenters. The maximum atomic E-state index is 13.6. The van der Waals surface area contributed by atoms with Crippen LogP contribution in [0, 0.1) is 60.4 Å². The van der Waals surface area contributed by atoms with Gasteiger partial charge in [-0.05, 0) is 13.8 Å². The van der Waals surface area contributed by atoms with Crippen molar-refractivity contribution in [3.05, 3.63) is 57.7 Å². The van der Waals surface area contributed by atoms with Gasteiger partial charge in [-0.1, -0.05) is 0 Å². The highest BCUT2D eigenvalue weighted by molar-refractivity contribution is 5.68. The lowest BCUT2D eigenvalue weighted by Gasteiger charge is -2.13. The molecule has 0 N–H and O–H groups in total. The third-order valence-electron chi connectivity index (χ3n) is 3.27. The summed E-state index contributed by atoms with van der Waals surface area (Å²) in [6.07, 6.45) is -2.08. The highest BCUT2D eigenvalue weighted by atomic mass is 19.2. The Morgan fingerprint density at radius 1 is 0.538 bits per heavy atom. The van der Waals surface area contributed by atoms with Gasteiger partial charge in [0.15, 0.2) is 34.8 Å². The molecule has 0 saturated heterocycles. The van der Waals surface area contributed by atoms with E-state index in [9.17, 15) is 39.9 Å². The van der Waals surface area contributed by atoms with Gasteiger partial charge in [0.05, 0.1) is 0 Å². The van der Waals surface area contributed by atoms with E-state index < -0.39 is 75.3 Å². The number of hydrogen-bond acceptors (Lipinski definition) is 3. The Hall–Kier alpha value is -2.85. The van der Waals surface area contributed by atoms with Gasteiger partial charge in [0.1, 0.15) is 0 Å². The van der Waals surface area contributed by atoms with E-state index in [1.54, 1.807) is 0 Å². The summed E-state index contributed by atoms with van der Waals surface area (Å²) >= 11 is 0. The maximum Gasteiger partial charge on any atom is 0.519 e. The summed E-state index contributed by atoms with van der Waals surface area (Å²) in [5.74, 6) is -19.8. The van der Waals surface area contributed by atoms with E-state index in [2.05, 4.69) is 9.47 Å². The predicted molar refractivity (Wildman–Crippen MR) is 68.7 cm³/mol. The third kappa shape index (κ3) is 3.04. The van der Waals surface area contributed by atoms with Crippen LogP contribution >= 0.6 is 0 Å². The Labute approximate surface area is 139 Å². The molecule has 26 heavy (non-hydrogen) atoms. The summed E-state index contributed by atoms with van der Waals surface area (Å²) in [5, 5.41) is 0. The molecule has 2 aromatic rings. The second-order valence-electron chi connectivity index (χ2n) is 4.87. The van der Waals surface area contributed by atoms with Gasteiger partial charge in [-0.3, -0.25) is 0 Å². The first-order valence-electron chi connectivity index (χ1n) is 6.53. The molecule has 0 spiro atoms. The predicted octanol–water partition coefficient (Wildman–Crippen LogP) is 4.99. The zero-order chi connectivity index (χ0) is 19.9. The van der Waals surface area contributed by atoms with E-state index in [0.29, 0.717) is 13.8 Å². The van der Waals surface area contributed by atoms with Crippen LogP contribution in [0.15, 0.2) is 0 Å². The topological polar surface area (TPSA) is 35.5 Å². The number of rotatable bonds is 2. The van der Waals surface area contributed by atoms with Crippen molar-refractivity contribution in [2.45, 2.75) is 13.8 Å². The highest BCUT2D eigenvalue weighted by Gasteiger charge is 2.29. The average molecular weight is 386 g/mol. The molecule has 0 radical (unpaired) electrons. The van der Waals surface area contributed by atoms with Crippen LogP contribution in [0.1, 0.15) is 11.1 Å². The van der Waals surface area contributed by atoms with Crippen LogP contribution in [-0.2, 0) is 0 Å². The fourth-order valence-electron chi connectivity index (χ4n) is 1.87. The molecule has 0 amide bonds. The van der Waals surface area contributed by atoms with Crippen molar-refractivity contribution in [2.75, 3.05) is 0 Å². The first-order valence-corrected chi connectivity index (χ1v) is 6.53. The number of halogens is 8. The summed E-state index contributed by atoms with van der Waals surface area (Å²) < 4.78 is 115. The maximum absolute atomic E-state index is 13.6. The molecule has 0 aliphatic carbocycles. The molecule has 0 unspecified atom stereocenters. The van der Waals surface area contributed by atoms with E-state index >= 15 is 0 Å². The van der Waals surface area contributed by atoms with Gasteiger partial charge in [-0.25, -0.2) is 31.1 Å². The number of ether oxygens (including phenoxy) is 2. The zero-order valence-electron chi connectivity index (χ0n) is 12.7. The van der Waals surface area contributed by atoms with Gasteiger partial charge in [-0.15, -0.1) is 0 Å². The SMILES string of the molecule is Cc1c(F)c(F)c(F)c(F)c1OC(=O)Oc1c(C)c(F)c(F)c(F)c1F. The Morgan fingerprint density at radius 3 is 1.12 bits per heavy atom. The molecule has 0 saturated carbocycles. The molecule has 0 heterocycles. The van der Waals surface area contributed by atoms with Crippen molar-refractivity contribution in [1.29, 1.82) is 0 Å². The molecule has 140 valence electrons. The summed E-state index contributed by atoms with van der Waals surface area (Å²) in [7, 11) is 0. The molecule has 0 aliphatic rings. The van der Waals surface area contributed by atoms with E-state index in [-0.39, 0.29) is 0 Å². The van der Waals surface area contributed by atoms with Crippen molar-refractivity contribution in [3.63, 3.8) is 0 Å². The van der Waals surface area contributed by atoms with Crippen molar-refractivity contribution >= 4 is 6.16 Å². The quantitative estimate of drug-likeness (QED) is 0.240. The molecular weight excluding hydrogens is 380 g/mol. The van der Waals surface area contributed by atoms with E-state index in [1.807, 2.05) is 0 Å². The Bertz CT molecular complexity index is 795. The Balaban J connectivity index is 2.41. The standard InChI is InChI=1S/C15H6F8O3/c1-3-5(16)7(18)9(20)11(22)13(3)25-15(24)26-14-4(2)6(17)8(19)10(21)12(14)23/h1-2H3. The molecule has 11 heteroatoms. The second-order valence-corrected chi connectivity index (χ2v) is 4.87. The van der Waals surface area contributed by atoms with Crippen molar-refractivity contribution in [1.82, 2.24) is 0 Å². The van der Waals surface area contributed by atoms with Crippen LogP contribution in [-0.4, -0.2) is 6.16 Å². The van der Waals surface area contributed by atoms with Gasteiger partial charge >= 0.3 is 6.16 Å². The third-order valence-corrected chi connectivity index (χ3v) is 3.27. The van der Waals surface area contributed by atoms with Crippen LogP contribution in [0.25, 0.3) is 0 Å². The van der Waals surface area contributed by atoms with Gasteiger partial charge in [-0.2, -0.15) is 8.78 Å². The van der Waals surface area contributed by atoms with Crippen LogP contribution in [0.3, 0.4) is 0 Å². The van der Waals surface area contributed by atoms with Crippen LogP contribution in [0.2, 0.25) is 0 Å². The lowest BCUT2D eigenvalue weighted by Crippen LogP contribution is -2.19. The largest absolute Gasteiger partial charge is 0.519 e. The lowest BCUT2D eigenvalue weighted by atomic mass is 10.2. The number of carbonyl (C=O) groups excluding carboxylic acids is 1. The van der Waals surface area contributed by atoms with Crippen molar-refractivity contribution in [3.8, 4) is 11.5 Å². The number of benzene rings is 2. The fourth-order valence-corrected chi connectivity index (χ4v) is 1.87. The van der Waals surface area contributed by atoms with Gasteiger partial charge < -0.3 is 9.47 Å². The molecular formula is C15H6F8O3. The summed E-state index contributed by atoms with van der Waals surface area (Å²) in [6.45, 7) is 1.43.